The minimum Gasteiger partial charge on any atom is -0.496 e. The summed E-state index contributed by atoms with van der Waals surface area (Å²) < 4.78 is 16.0. The molecule has 0 aromatic heterocycles. The van der Waals surface area contributed by atoms with Gasteiger partial charge in [0.1, 0.15) is 5.75 Å². The van der Waals surface area contributed by atoms with Gasteiger partial charge in [-0.2, -0.15) is 0 Å². The van der Waals surface area contributed by atoms with Gasteiger partial charge < -0.3 is 19.5 Å². The molecule has 1 fully saturated rings. The van der Waals surface area contributed by atoms with Gasteiger partial charge >= 0.3 is 0 Å². The summed E-state index contributed by atoms with van der Waals surface area (Å²) in [5, 5.41) is 3.14. The summed E-state index contributed by atoms with van der Waals surface area (Å²) in [6.07, 6.45) is 1.85. The fourth-order valence-electron chi connectivity index (χ4n) is 3.55. The van der Waals surface area contributed by atoms with Gasteiger partial charge in [-0.05, 0) is 18.4 Å². The van der Waals surface area contributed by atoms with Gasteiger partial charge in [0.2, 0.25) is 0 Å². The zero-order chi connectivity index (χ0) is 19.9. The maximum Gasteiger partial charge on any atom is 0.255 e. The van der Waals surface area contributed by atoms with Crippen molar-refractivity contribution in [2.24, 2.45) is 0 Å². The van der Waals surface area contributed by atoms with Crippen LogP contribution in [0.5, 0.6) is 17.2 Å². The zero-order valence-electron chi connectivity index (χ0n) is 17.1. The molecule has 29 heavy (non-hydrogen) atoms. The zero-order valence-corrected chi connectivity index (χ0v) is 18.0. The van der Waals surface area contributed by atoms with E-state index in [1.165, 1.54) is 5.56 Å². The van der Waals surface area contributed by atoms with Crippen LogP contribution in [0.25, 0.3) is 0 Å². The Morgan fingerprint density at radius 3 is 2.14 bits per heavy atom. The maximum absolute atomic E-state index is 12.8. The maximum atomic E-state index is 12.8. The standard InChI is InChI=1S/C22H28N2O4.ClH/c1-26-19-14-21(28-3)20(27-2)13-18(19)22(25)23-17-9-11-24(12-10-17)15-16-7-5-4-6-8-16;/h4-8,13-14,17H,9-12,15H2,1-3H3,(H,23,25);1H. The highest BCUT2D eigenvalue weighted by molar-refractivity contribution is 5.98. The van der Waals surface area contributed by atoms with Crippen molar-refractivity contribution in [1.82, 2.24) is 10.2 Å². The Balaban J connectivity index is 0.00000300. The third-order valence-corrected chi connectivity index (χ3v) is 5.12. The summed E-state index contributed by atoms with van der Waals surface area (Å²) in [6.45, 7) is 2.87. The molecule has 158 valence electrons. The van der Waals surface area contributed by atoms with Gasteiger partial charge in [-0.15, -0.1) is 12.4 Å². The number of rotatable bonds is 7. The van der Waals surface area contributed by atoms with Crippen LogP contribution in [0.4, 0.5) is 0 Å². The molecule has 1 saturated heterocycles. The first-order valence-corrected chi connectivity index (χ1v) is 9.51. The number of nitrogens with one attached hydrogen (secondary N) is 1. The number of benzene rings is 2. The molecule has 0 spiro atoms. The molecule has 1 amide bonds. The number of likely N-dealkylation sites (tertiary alicyclic amines) is 1. The summed E-state index contributed by atoms with van der Waals surface area (Å²) in [6, 6.07) is 14.0. The van der Waals surface area contributed by atoms with Crippen molar-refractivity contribution < 1.29 is 19.0 Å². The van der Waals surface area contributed by atoms with E-state index in [0.717, 1.165) is 32.5 Å². The van der Waals surface area contributed by atoms with Crippen molar-refractivity contribution in [1.29, 1.82) is 0 Å². The molecule has 2 aromatic rings. The third-order valence-electron chi connectivity index (χ3n) is 5.12. The second-order valence-corrected chi connectivity index (χ2v) is 6.92. The highest BCUT2D eigenvalue weighted by Crippen LogP contribution is 2.34. The van der Waals surface area contributed by atoms with Gasteiger partial charge in [0, 0.05) is 37.8 Å². The minimum atomic E-state index is -0.153. The van der Waals surface area contributed by atoms with E-state index in [-0.39, 0.29) is 24.4 Å². The van der Waals surface area contributed by atoms with E-state index in [0.29, 0.717) is 22.8 Å². The number of piperidine rings is 1. The molecule has 1 heterocycles. The number of hydrogen-bond acceptors (Lipinski definition) is 5. The number of carbonyl (C=O) groups excluding carboxylic acids is 1. The number of methoxy groups -OCH3 is 3. The van der Waals surface area contributed by atoms with Crippen LogP contribution in [0, 0.1) is 0 Å². The van der Waals surface area contributed by atoms with Crippen molar-refractivity contribution in [2.75, 3.05) is 34.4 Å². The second-order valence-electron chi connectivity index (χ2n) is 6.92. The Labute approximate surface area is 178 Å². The van der Waals surface area contributed by atoms with Crippen LogP contribution in [0.1, 0.15) is 28.8 Å². The summed E-state index contributed by atoms with van der Waals surface area (Å²) in [7, 11) is 4.65. The summed E-state index contributed by atoms with van der Waals surface area (Å²) in [4.78, 5) is 15.3. The smallest absolute Gasteiger partial charge is 0.255 e. The monoisotopic (exact) mass is 420 g/mol. The molecule has 0 radical (unpaired) electrons. The fraction of sp³-hybridized carbons (Fsp3) is 0.409. The number of amides is 1. The highest BCUT2D eigenvalue weighted by Gasteiger charge is 2.24. The molecule has 3 rings (SSSR count). The van der Waals surface area contributed by atoms with Gasteiger partial charge in [-0.1, -0.05) is 30.3 Å². The van der Waals surface area contributed by atoms with Gasteiger partial charge in [0.15, 0.2) is 11.5 Å². The first-order valence-electron chi connectivity index (χ1n) is 9.51. The van der Waals surface area contributed by atoms with Crippen LogP contribution in [-0.2, 0) is 6.54 Å². The first kappa shape index (κ1) is 22.8. The predicted molar refractivity (Wildman–Crippen MR) is 116 cm³/mol. The second kappa shape index (κ2) is 10.9. The summed E-state index contributed by atoms with van der Waals surface area (Å²) >= 11 is 0. The molecule has 0 unspecified atom stereocenters. The van der Waals surface area contributed by atoms with Crippen LogP contribution in [0.15, 0.2) is 42.5 Å². The lowest BCUT2D eigenvalue weighted by Crippen LogP contribution is -2.44. The van der Waals surface area contributed by atoms with Crippen molar-refractivity contribution in [3.63, 3.8) is 0 Å². The molecule has 2 aromatic carbocycles. The van der Waals surface area contributed by atoms with E-state index >= 15 is 0 Å². The molecule has 0 saturated carbocycles. The molecule has 0 aliphatic carbocycles. The van der Waals surface area contributed by atoms with Crippen LogP contribution in [-0.4, -0.2) is 51.3 Å². The predicted octanol–water partition coefficient (Wildman–Crippen LogP) is 3.53. The lowest BCUT2D eigenvalue weighted by molar-refractivity contribution is 0.0905. The number of nitrogens with zero attached hydrogens (tertiary/aromatic N) is 1. The Morgan fingerprint density at radius 2 is 1.55 bits per heavy atom. The molecule has 7 heteroatoms. The minimum absolute atomic E-state index is 0. The molecule has 6 nitrogen and oxygen atoms in total. The van der Waals surface area contributed by atoms with Crippen LogP contribution in [0.3, 0.4) is 0 Å². The van der Waals surface area contributed by atoms with Gasteiger partial charge in [0.25, 0.3) is 5.91 Å². The fourth-order valence-corrected chi connectivity index (χ4v) is 3.55. The van der Waals surface area contributed by atoms with E-state index in [1.54, 1.807) is 33.5 Å². The Bertz CT molecular complexity index is 793. The van der Waals surface area contributed by atoms with Crippen molar-refractivity contribution >= 4 is 18.3 Å². The van der Waals surface area contributed by atoms with E-state index in [4.69, 9.17) is 14.2 Å². The normalized spacial score (nSPS) is 14.6. The average molecular weight is 421 g/mol. The van der Waals surface area contributed by atoms with Crippen molar-refractivity contribution in [2.45, 2.75) is 25.4 Å². The largest absolute Gasteiger partial charge is 0.496 e. The first-order chi connectivity index (χ1) is 13.6. The summed E-state index contributed by atoms with van der Waals surface area (Å²) in [5.41, 5.74) is 1.77. The number of carbonyl (C=O) groups is 1. The molecular formula is C22H29ClN2O4. The van der Waals surface area contributed by atoms with Crippen LogP contribution in [0.2, 0.25) is 0 Å². The SMILES string of the molecule is COc1cc(OC)c(C(=O)NC2CCN(Cc3ccccc3)CC2)cc1OC.Cl. The number of ether oxygens (including phenoxy) is 3. The van der Waals surface area contributed by atoms with Crippen LogP contribution < -0.4 is 19.5 Å². The Hall–Kier alpha value is -2.44. The topological polar surface area (TPSA) is 60.0 Å². The molecular weight excluding hydrogens is 392 g/mol. The van der Waals surface area contributed by atoms with Crippen molar-refractivity contribution in [3.8, 4) is 17.2 Å². The molecule has 1 aliphatic heterocycles. The number of hydrogen-bond donors (Lipinski definition) is 1. The lowest BCUT2D eigenvalue weighted by Gasteiger charge is -2.32. The number of halogens is 1. The van der Waals surface area contributed by atoms with E-state index < -0.39 is 0 Å². The quantitative estimate of drug-likeness (QED) is 0.742. The van der Waals surface area contributed by atoms with Crippen molar-refractivity contribution in [3.05, 3.63) is 53.6 Å². The lowest BCUT2D eigenvalue weighted by atomic mass is 10.0. The molecule has 0 bridgehead atoms. The highest BCUT2D eigenvalue weighted by atomic mass is 35.5. The third kappa shape index (κ3) is 5.78. The van der Waals surface area contributed by atoms with Gasteiger partial charge in [0.05, 0.1) is 26.9 Å². The summed E-state index contributed by atoms with van der Waals surface area (Å²) in [5.74, 6) is 1.35. The Morgan fingerprint density at radius 1 is 0.966 bits per heavy atom. The van der Waals surface area contributed by atoms with E-state index in [9.17, 15) is 4.79 Å². The molecule has 0 atom stereocenters. The molecule has 1 aliphatic rings. The van der Waals surface area contributed by atoms with Gasteiger partial charge in [-0.3, -0.25) is 9.69 Å². The van der Waals surface area contributed by atoms with E-state index in [1.807, 2.05) is 6.07 Å². The van der Waals surface area contributed by atoms with Crippen LogP contribution >= 0.6 is 12.4 Å². The van der Waals surface area contributed by atoms with Gasteiger partial charge in [-0.25, -0.2) is 0 Å². The molecule has 1 N–H and O–H groups in total. The van der Waals surface area contributed by atoms with E-state index in [2.05, 4.69) is 34.5 Å². The average Bonchev–Trinajstić information content (AvgIpc) is 2.74. The Kier molecular flexibility index (Phi) is 8.61.